The Kier molecular flexibility index (Phi) is 3.74. The molecule has 0 saturated carbocycles. The van der Waals surface area contributed by atoms with Crippen LogP contribution in [0, 0.1) is 0 Å². The predicted molar refractivity (Wildman–Crippen MR) is 88.6 cm³/mol. The van der Waals surface area contributed by atoms with E-state index in [1.165, 1.54) is 6.26 Å². The van der Waals surface area contributed by atoms with E-state index in [1.807, 2.05) is 36.5 Å². The third kappa shape index (κ3) is 3.04. The first-order valence-electron chi connectivity index (χ1n) is 7.11. The second-order valence-electron chi connectivity index (χ2n) is 5.70. The molecule has 0 amide bonds. The minimum absolute atomic E-state index is 0.0652. The van der Waals surface area contributed by atoms with E-state index < -0.39 is 9.84 Å². The fraction of sp³-hybridized carbons (Fsp3) is 0.235. The van der Waals surface area contributed by atoms with Crippen molar-refractivity contribution in [1.82, 2.24) is 9.97 Å². The molecule has 0 radical (unpaired) electrons. The van der Waals surface area contributed by atoms with Crippen LogP contribution < -0.4 is 0 Å². The summed E-state index contributed by atoms with van der Waals surface area (Å²) >= 11 is 0. The molecular formula is C17H18N2O2S. The third-order valence-electron chi connectivity index (χ3n) is 3.86. The van der Waals surface area contributed by atoms with Crippen molar-refractivity contribution in [3.05, 3.63) is 65.7 Å². The second-order valence-corrected chi connectivity index (χ2v) is 7.84. The SMILES string of the molecule is CC(c1cnc[nH]1)c1cccc2ccc(CS(C)(=O)=O)cc12. The fourth-order valence-electron chi connectivity index (χ4n) is 2.79. The van der Waals surface area contributed by atoms with Gasteiger partial charge in [-0.15, -0.1) is 0 Å². The van der Waals surface area contributed by atoms with Gasteiger partial charge in [-0.3, -0.25) is 0 Å². The predicted octanol–water partition coefficient (Wildman–Crippen LogP) is 3.26. The van der Waals surface area contributed by atoms with Gasteiger partial charge in [-0.25, -0.2) is 13.4 Å². The van der Waals surface area contributed by atoms with Crippen molar-refractivity contribution in [3.8, 4) is 0 Å². The topological polar surface area (TPSA) is 62.8 Å². The lowest BCUT2D eigenvalue weighted by atomic mass is 9.92. The molecular weight excluding hydrogens is 296 g/mol. The number of hydrogen-bond acceptors (Lipinski definition) is 3. The lowest BCUT2D eigenvalue weighted by molar-refractivity contribution is 0.601. The van der Waals surface area contributed by atoms with Crippen molar-refractivity contribution in [3.63, 3.8) is 0 Å². The summed E-state index contributed by atoms with van der Waals surface area (Å²) in [6.45, 7) is 2.12. The molecule has 0 bridgehead atoms. The number of nitrogens with zero attached hydrogens (tertiary/aromatic N) is 1. The molecule has 5 heteroatoms. The van der Waals surface area contributed by atoms with Crippen molar-refractivity contribution >= 4 is 20.6 Å². The molecule has 3 aromatic rings. The van der Waals surface area contributed by atoms with Crippen LogP contribution in [0.2, 0.25) is 0 Å². The Morgan fingerprint density at radius 2 is 2.05 bits per heavy atom. The van der Waals surface area contributed by atoms with Crippen LogP contribution in [0.15, 0.2) is 48.9 Å². The van der Waals surface area contributed by atoms with Gasteiger partial charge in [0.05, 0.1) is 12.1 Å². The number of imidazole rings is 1. The summed E-state index contributed by atoms with van der Waals surface area (Å²) in [6.07, 6.45) is 4.76. The van der Waals surface area contributed by atoms with Gasteiger partial charge in [-0.2, -0.15) is 0 Å². The summed E-state index contributed by atoms with van der Waals surface area (Å²) in [7, 11) is -3.04. The first-order chi connectivity index (χ1) is 10.4. The molecule has 1 N–H and O–H groups in total. The molecule has 0 aliphatic heterocycles. The van der Waals surface area contributed by atoms with Crippen LogP contribution in [0.5, 0.6) is 0 Å². The number of H-pyrrole nitrogens is 1. The molecule has 22 heavy (non-hydrogen) atoms. The normalized spacial score (nSPS) is 13.4. The van der Waals surface area contributed by atoms with Gasteiger partial charge in [-0.1, -0.05) is 37.3 Å². The molecule has 0 aliphatic carbocycles. The largest absolute Gasteiger partial charge is 0.348 e. The van der Waals surface area contributed by atoms with Crippen LogP contribution in [0.3, 0.4) is 0 Å². The van der Waals surface area contributed by atoms with Crippen LogP contribution in [-0.2, 0) is 15.6 Å². The number of rotatable bonds is 4. The fourth-order valence-corrected chi connectivity index (χ4v) is 3.57. The van der Waals surface area contributed by atoms with Crippen LogP contribution in [0.25, 0.3) is 10.8 Å². The summed E-state index contributed by atoms with van der Waals surface area (Å²) in [5.74, 6) is 0.232. The highest BCUT2D eigenvalue weighted by molar-refractivity contribution is 7.89. The van der Waals surface area contributed by atoms with Gasteiger partial charge in [0.1, 0.15) is 0 Å². The van der Waals surface area contributed by atoms with Crippen molar-refractivity contribution in [1.29, 1.82) is 0 Å². The quantitative estimate of drug-likeness (QED) is 0.804. The van der Waals surface area contributed by atoms with Crippen molar-refractivity contribution < 1.29 is 8.42 Å². The van der Waals surface area contributed by atoms with E-state index in [9.17, 15) is 8.42 Å². The van der Waals surface area contributed by atoms with E-state index in [0.29, 0.717) is 0 Å². The Bertz CT molecular complexity index is 900. The molecule has 0 fully saturated rings. The highest BCUT2D eigenvalue weighted by Gasteiger charge is 2.14. The third-order valence-corrected chi connectivity index (χ3v) is 4.72. The van der Waals surface area contributed by atoms with Crippen molar-refractivity contribution in [2.75, 3.05) is 6.26 Å². The maximum absolute atomic E-state index is 11.5. The van der Waals surface area contributed by atoms with Gasteiger partial charge < -0.3 is 4.98 Å². The van der Waals surface area contributed by atoms with Gasteiger partial charge in [-0.05, 0) is 28.0 Å². The standard InChI is InChI=1S/C17H18N2O2S/c1-12(17-9-18-11-19-17)15-5-3-4-14-7-6-13(8-16(14)15)10-22(2,20)21/h3-9,11-12H,10H2,1-2H3,(H,18,19). The summed E-state index contributed by atoms with van der Waals surface area (Å²) in [5.41, 5.74) is 3.03. The van der Waals surface area contributed by atoms with E-state index in [4.69, 9.17) is 0 Å². The molecule has 114 valence electrons. The Labute approximate surface area is 130 Å². The van der Waals surface area contributed by atoms with E-state index in [1.54, 1.807) is 6.33 Å². The van der Waals surface area contributed by atoms with E-state index >= 15 is 0 Å². The highest BCUT2D eigenvalue weighted by Crippen LogP contribution is 2.30. The zero-order valence-corrected chi connectivity index (χ0v) is 13.4. The van der Waals surface area contributed by atoms with Gasteiger partial charge in [0.2, 0.25) is 0 Å². The van der Waals surface area contributed by atoms with Crippen molar-refractivity contribution in [2.45, 2.75) is 18.6 Å². The Morgan fingerprint density at radius 1 is 1.23 bits per heavy atom. The summed E-state index contributed by atoms with van der Waals surface area (Å²) in [6, 6.07) is 12.0. The van der Waals surface area contributed by atoms with E-state index in [2.05, 4.69) is 23.0 Å². The average Bonchev–Trinajstić information content (AvgIpc) is 2.98. The zero-order chi connectivity index (χ0) is 15.7. The molecule has 1 atom stereocenters. The molecule has 4 nitrogen and oxygen atoms in total. The molecule has 0 saturated heterocycles. The lowest BCUT2D eigenvalue weighted by Gasteiger charge is -2.14. The first-order valence-corrected chi connectivity index (χ1v) is 9.17. The Balaban J connectivity index is 2.12. The molecule has 0 aliphatic rings. The van der Waals surface area contributed by atoms with Gasteiger partial charge in [0.15, 0.2) is 9.84 Å². The maximum atomic E-state index is 11.5. The molecule has 0 spiro atoms. The van der Waals surface area contributed by atoms with E-state index in [-0.39, 0.29) is 11.7 Å². The summed E-state index contributed by atoms with van der Waals surface area (Å²) in [5, 5.41) is 2.20. The van der Waals surface area contributed by atoms with Gasteiger partial charge >= 0.3 is 0 Å². The molecule has 1 unspecified atom stereocenters. The number of nitrogens with one attached hydrogen (secondary N) is 1. The van der Waals surface area contributed by atoms with Crippen LogP contribution >= 0.6 is 0 Å². The number of aromatic amines is 1. The average molecular weight is 314 g/mol. The van der Waals surface area contributed by atoms with E-state index in [0.717, 1.165) is 27.6 Å². The number of fused-ring (bicyclic) bond motifs is 1. The van der Waals surface area contributed by atoms with Crippen LogP contribution in [0.4, 0.5) is 0 Å². The minimum atomic E-state index is -3.04. The zero-order valence-electron chi connectivity index (χ0n) is 12.6. The number of sulfone groups is 1. The first kappa shape index (κ1) is 14.8. The van der Waals surface area contributed by atoms with Crippen LogP contribution in [-0.4, -0.2) is 24.6 Å². The summed E-state index contributed by atoms with van der Waals surface area (Å²) in [4.78, 5) is 7.23. The number of benzene rings is 2. The van der Waals surface area contributed by atoms with Gasteiger partial charge in [0.25, 0.3) is 0 Å². The maximum Gasteiger partial charge on any atom is 0.151 e. The van der Waals surface area contributed by atoms with Gasteiger partial charge in [0, 0.05) is 24.1 Å². The van der Waals surface area contributed by atoms with Crippen LogP contribution in [0.1, 0.15) is 29.7 Å². The molecule has 2 aromatic carbocycles. The lowest BCUT2D eigenvalue weighted by Crippen LogP contribution is -2.02. The molecule has 1 aromatic heterocycles. The number of aromatic nitrogens is 2. The number of hydrogen-bond donors (Lipinski definition) is 1. The molecule has 1 heterocycles. The smallest absolute Gasteiger partial charge is 0.151 e. The van der Waals surface area contributed by atoms with Crippen molar-refractivity contribution in [2.24, 2.45) is 0 Å². The highest BCUT2D eigenvalue weighted by atomic mass is 32.2. The second kappa shape index (κ2) is 5.57. The summed E-state index contributed by atoms with van der Waals surface area (Å²) < 4.78 is 23.1. The molecule has 3 rings (SSSR count). The minimum Gasteiger partial charge on any atom is -0.348 e. The Hall–Kier alpha value is -2.14. The Morgan fingerprint density at radius 3 is 2.73 bits per heavy atom. The monoisotopic (exact) mass is 314 g/mol.